The van der Waals surface area contributed by atoms with Crippen molar-refractivity contribution in [2.75, 3.05) is 17.3 Å². The lowest BCUT2D eigenvalue weighted by molar-refractivity contribution is -0.128. The van der Waals surface area contributed by atoms with Crippen LogP contribution in [0.25, 0.3) is 0 Å². The largest absolute Gasteiger partial charge is 0.497 e. The first-order chi connectivity index (χ1) is 16.9. The van der Waals surface area contributed by atoms with Gasteiger partial charge in [-0.05, 0) is 60.7 Å². The van der Waals surface area contributed by atoms with Crippen LogP contribution in [0.2, 0.25) is 5.02 Å². The van der Waals surface area contributed by atoms with Crippen LogP contribution in [0.3, 0.4) is 0 Å². The number of hydrazine groups is 1. The van der Waals surface area contributed by atoms with E-state index in [1.807, 2.05) is 0 Å². The molecule has 0 spiro atoms. The van der Waals surface area contributed by atoms with Gasteiger partial charge in [0.1, 0.15) is 11.8 Å². The number of amides is 5. The summed E-state index contributed by atoms with van der Waals surface area (Å²) in [5.74, 6) is -1.31. The van der Waals surface area contributed by atoms with E-state index < -0.39 is 29.8 Å². The first-order valence-electron chi connectivity index (χ1n) is 10.4. The van der Waals surface area contributed by atoms with Crippen LogP contribution in [-0.4, -0.2) is 46.9 Å². The standard InChI is InChI=1S/C24H20ClN5O5/c1-35-19-8-4-17(5-9-19)27-23(33)20-14-21(31)29(18-6-2-16(25)3-7-18)24(34)30(20)28-22(32)15-10-12-26-13-11-15/h2-13,20H,14H2,1H3,(H,27,33)(H,28,32)/t20-/m0/s1. The van der Waals surface area contributed by atoms with E-state index in [9.17, 15) is 19.2 Å². The van der Waals surface area contributed by atoms with E-state index in [-0.39, 0.29) is 17.7 Å². The van der Waals surface area contributed by atoms with Gasteiger partial charge in [-0.3, -0.25) is 24.8 Å². The summed E-state index contributed by atoms with van der Waals surface area (Å²) in [5.41, 5.74) is 3.37. The number of nitrogens with zero attached hydrogens (tertiary/aromatic N) is 3. The lowest BCUT2D eigenvalue weighted by atomic mass is 10.1. The zero-order valence-corrected chi connectivity index (χ0v) is 19.2. The Balaban J connectivity index is 1.63. The molecular formula is C24H20ClN5O5. The molecule has 11 heteroatoms. The van der Waals surface area contributed by atoms with Gasteiger partial charge in [0.2, 0.25) is 11.8 Å². The molecule has 4 rings (SSSR count). The number of carbonyl (C=O) groups excluding carboxylic acids is 4. The number of rotatable bonds is 6. The number of imide groups is 1. The molecule has 3 aromatic rings. The molecule has 5 amide bonds. The Morgan fingerprint density at radius 2 is 1.66 bits per heavy atom. The molecule has 10 nitrogen and oxygen atoms in total. The maximum atomic E-state index is 13.4. The van der Waals surface area contributed by atoms with Gasteiger partial charge in [-0.2, -0.15) is 0 Å². The Hall–Kier alpha value is -4.44. The molecular weight excluding hydrogens is 474 g/mol. The van der Waals surface area contributed by atoms with E-state index in [0.29, 0.717) is 16.5 Å². The minimum absolute atomic E-state index is 0.219. The smallest absolute Gasteiger partial charge is 0.350 e. The number of anilines is 2. The van der Waals surface area contributed by atoms with Crippen LogP contribution in [0.1, 0.15) is 16.8 Å². The molecule has 1 aliphatic heterocycles. The average Bonchev–Trinajstić information content (AvgIpc) is 2.87. The summed E-state index contributed by atoms with van der Waals surface area (Å²) >= 11 is 5.93. The third-order valence-corrected chi connectivity index (χ3v) is 5.49. The molecule has 0 radical (unpaired) electrons. The monoisotopic (exact) mass is 493 g/mol. The van der Waals surface area contributed by atoms with Gasteiger partial charge in [0.05, 0.1) is 19.2 Å². The summed E-state index contributed by atoms with van der Waals surface area (Å²) in [6.07, 6.45) is 2.47. The predicted octanol–water partition coefficient (Wildman–Crippen LogP) is 3.25. The molecule has 0 bridgehead atoms. The van der Waals surface area contributed by atoms with E-state index in [2.05, 4.69) is 15.7 Å². The highest BCUT2D eigenvalue weighted by molar-refractivity contribution is 6.30. The molecule has 0 aliphatic carbocycles. The highest BCUT2D eigenvalue weighted by atomic mass is 35.5. The third-order valence-electron chi connectivity index (χ3n) is 5.24. The topological polar surface area (TPSA) is 121 Å². The molecule has 1 fully saturated rings. The molecule has 1 atom stereocenters. The number of nitrogens with one attached hydrogen (secondary N) is 2. The summed E-state index contributed by atoms with van der Waals surface area (Å²) in [5, 5.41) is 3.95. The number of ether oxygens (including phenoxy) is 1. The first kappa shape index (κ1) is 23.7. The second-order valence-electron chi connectivity index (χ2n) is 7.47. The molecule has 1 aromatic heterocycles. The van der Waals surface area contributed by atoms with Crippen molar-refractivity contribution in [3.8, 4) is 5.75 Å². The second kappa shape index (κ2) is 10.2. The van der Waals surface area contributed by atoms with E-state index >= 15 is 0 Å². The molecule has 2 heterocycles. The fourth-order valence-electron chi connectivity index (χ4n) is 3.45. The Morgan fingerprint density at radius 1 is 1.00 bits per heavy atom. The van der Waals surface area contributed by atoms with Gasteiger partial charge in [0.15, 0.2) is 0 Å². The van der Waals surface area contributed by atoms with Crippen molar-refractivity contribution in [3.63, 3.8) is 0 Å². The maximum absolute atomic E-state index is 13.4. The highest BCUT2D eigenvalue weighted by Crippen LogP contribution is 2.26. The number of hydrogen-bond donors (Lipinski definition) is 2. The van der Waals surface area contributed by atoms with E-state index in [1.165, 1.54) is 55.9 Å². The van der Waals surface area contributed by atoms with Gasteiger partial charge in [-0.15, -0.1) is 0 Å². The van der Waals surface area contributed by atoms with Crippen molar-refractivity contribution >= 4 is 46.7 Å². The van der Waals surface area contributed by atoms with Crippen LogP contribution in [0.15, 0.2) is 73.1 Å². The molecule has 178 valence electrons. The highest BCUT2D eigenvalue weighted by Gasteiger charge is 2.44. The number of benzene rings is 2. The van der Waals surface area contributed by atoms with Crippen LogP contribution in [0.5, 0.6) is 5.75 Å². The molecule has 1 aliphatic rings. The van der Waals surface area contributed by atoms with Crippen molar-refractivity contribution in [2.24, 2.45) is 0 Å². The van der Waals surface area contributed by atoms with Crippen LogP contribution >= 0.6 is 11.6 Å². The summed E-state index contributed by atoms with van der Waals surface area (Å²) in [4.78, 5) is 57.1. The van der Waals surface area contributed by atoms with Crippen molar-refractivity contribution in [3.05, 3.63) is 83.6 Å². The zero-order valence-electron chi connectivity index (χ0n) is 18.5. The summed E-state index contributed by atoms with van der Waals surface area (Å²) < 4.78 is 5.11. The normalized spacial score (nSPS) is 15.5. The van der Waals surface area contributed by atoms with E-state index in [4.69, 9.17) is 16.3 Å². The van der Waals surface area contributed by atoms with Crippen LogP contribution in [0, 0.1) is 0 Å². The minimum Gasteiger partial charge on any atom is -0.497 e. The maximum Gasteiger partial charge on any atom is 0.350 e. The van der Waals surface area contributed by atoms with E-state index in [0.717, 1.165) is 9.91 Å². The fourth-order valence-corrected chi connectivity index (χ4v) is 3.58. The first-order valence-corrected chi connectivity index (χ1v) is 10.8. The molecule has 35 heavy (non-hydrogen) atoms. The summed E-state index contributed by atoms with van der Waals surface area (Å²) in [6.45, 7) is 0. The molecule has 1 saturated heterocycles. The predicted molar refractivity (Wildman–Crippen MR) is 128 cm³/mol. The van der Waals surface area contributed by atoms with Crippen LogP contribution in [0.4, 0.5) is 16.2 Å². The number of methoxy groups -OCH3 is 1. The number of hydrogen-bond acceptors (Lipinski definition) is 6. The number of aromatic nitrogens is 1. The van der Waals surface area contributed by atoms with Gasteiger partial charge >= 0.3 is 6.03 Å². The quantitative estimate of drug-likeness (QED) is 0.543. The fraction of sp³-hybridized carbons (Fsp3) is 0.125. The lowest BCUT2D eigenvalue weighted by Gasteiger charge is -2.38. The average molecular weight is 494 g/mol. The molecule has 0 unspecified atom stereocenters. The van der Waals surface area contributed by atoms with Gasteiger partial charge in [-0.1, -0.05) is 11.6 Å². The van der Waals surface area contributed by atoms with Crippen LogP contribution in [-0.2, 0) is 9.59 Å². The lowest BCUT2D eigenvalue weighted by Crippen LogP contribution is -2.65. The third kappa shape index (κ3) is 5.22. The molecule has 2 N–H and O–H groups in total. The van der Waals surface area contributed by atoms with Crippen LogP contribution < -0.4 is 20.4 Å². The molecule has 2 aromatic carbocycles. The summed E-state index contributed by atoms with van der Waals surface area (Å²) in [7, 11) is 1.52. The number of halogens is 1. The van der Waals surface area contributed by atoms with Crippen molar-refractivity contribution in [1.82, 2.24) is 15.4 Å². The van der Waals surface area contributed by atoms with Crippen molar-refractivity contribution in [1.29, 1.82) is 0 Å². The number of pyridine rings is 1. The summed E-state index contributed by atoms with van der Waals surface area (Å²) in [6, 6.07) is 13.3. The van der Waals surface area contributed by atoms with Gasteiger partial charge < -0.3 is 10.1 Å². The number of carbonyl (C=O) groups is 4. The van der Waals surface area contributed by atoms with Crippen molar-refractivity contribution in [2.45, 2.75) is 12.5 Å². The Bertz CT molecular complexity index is 1250. The zero-order chi connectivity index (χ0) is 24.9. The second-order valence-corrected chi connectivity index (χ2v) is 7.91. The molecule has 0 saturated carbocycles. The van der Waals surface area contributed by atoms with Gasteiger partial charge in [0.25, 0.3) is 5.91 Å². The Morgan fingerprint density at radius 3 is 2.29 bits per heavy atom. The number of urea groups is 1. The Labute approximate surface area is 205 Å². The van der Waals surface area contributed by atoms with Gasteiger partial charge in [0, 0.05) is 28.7 Å². The van der Waals surface area contributed by atoms with Gasteiger partial charge in [-0.25, -0.2) is 14.7 Å². The van der Waals surface area contributed by atoms with Crippen molar-refractivity contribution < 1.29 is 23.9 Å². The Kier molecular flexibility index (Phi) is 6.93. The SMILES string of the molecule is COc1ccc(NC(=O)[C@@H]2CC(=O)N(c3ccc(Cl)cc3)C(=O)N2NC(=O)c2ccncc2)cc1. The minimum atomic E-state index is -1.30. The van der Waals surface area contributed by atoms with E-state index in [1.54, 1.807) is 24.3 Å².